The molecular weight excluding hydrogens is 510 g/mol. The molecule has 4 N–H and O–H groups in total. The van der Waals surface area contributed by atoms with Gasteiger partial charge in [0.25, 0.3) is 0 Å². The average Bonchev–Trinajstić information content (AvgIpc) is 2.79. The first-order valence-electron chi connectivity index (χ1n) is 15.3. The Hall–Kier alpha value is -1.65. The van der Waals surface area contributed by atoms with Crippen molar-refractivity contribution in [3.63, 3.8) is 0 Å². The summed E-state index contributed by atoms with van der Waals surface area (Å²) in [6.45, 7) is 27.9. The second kappa shape index (κ2) is 15.0. The Morgan fingerprint density at radius 2 is 1.10 bits per heavy atom. The lowest BCUT2D eigenvalue weighted by Crippen LogP contribution is -2.24. The third-order valence-electron chi connectivity index (χ3n) is 7.52. The van der Waals surface area contributed by atoms with E-state index < -0.39 is 0 Å². The third-order valence-corrected chi connectivity index (χ3v) is 8.62. The number of nitrogens with two attached hydrogens (primary N) is 1. The summed E-state index contributed by atoms with van der Waals surface area (Å²) >= 11 is 1.44. The molecule has 1 unspecified atom stereocenters. The minimum Gasteiger partial charge on any atom is -0.507 e. The van der Waals surface area contributed by atoms with Crippen molar-refractivity contribution in [2.75, 3.05) is 6.54 Å². The minimum absolute atomic E-state index is 0.0140. The van der Waals surface area contributed by atoms with E-state index in [1.54, 1.807) is 12.1 Å². The molecule has 0 aromatic heterocycles. The summed E-state index contributed by atoms with van der Waals surface area (Å²) in [4.78, 5) is 1.56. The predicted octanol–water partition coefficient (Wildman–Crippen LogP) is 10.8. The number of benzene rings is 2. The van der Waals surface area contributed by atoms with Gasteiger partial charge in [-0.15, -0.1) is 0 Å². The van der Waals surface area contributed by atoms with Gasteiger partial charge in [-0.05, 0) is 88.8 Å². The van der Waals surface area contributed by atoms with Crippen LogP contribution in [0, 0.1) is 16.7 Å². The van der Waals surface area contributed by atoms with Crippen molar-refractivity contribution >= 4 is 11.8 Å². The number of phenolic OH excluding ortho intramolecular Hbond substituents is 2. The van der Waals surface area contributed by atoms with Gasteiger partial charge < -0.3 is 15.9 Å². The number of unbranched alkanes of at least 4 members (excludes halogenated alkanes) is 1. The molecule has 0 amide bonds. The van der Waals surface area contributed by atoms with Crippen LogP contribution in [0.4, 0.5) is 0 Å². The summed E-state index contributed by atoms with van der Waals surface area (Å²) in [5, 5.41) is 21.1. The number of aromatic hydroxyl groups is 2. The molecule has 0 heterocycles. The van der Waals surface area contributed by atoms with Crippen LogP contribution in [0.15, 0.2) is 46.2 Å². The average molecular weight is 572 g/mol. The molecule has 0 aliphatic heterocycles. The lowest BCUT2D eigenvalue weighted by molar-refractivity contribution is 0.283. The summed E-state index contributed by atoms with van der Waals surface area (Å²) in [5.74, 6) is 1.28. The van der Waals surface area contributed by atoms with Crippen LogP contribution in [-0.4, -0.2) is 16.8 Å². The van der Waals surface area contributed by atoms with Crippen LogP contribution >= 0.6 is 11.8 Å². The van der Waals surface area contributed by atoms with E-state index in [1.807, 2.05) is 12.1 Å². The standard InChI is InChI=1S/C28H42O2S.C8H19N/c1-25(2,3)17-27(7,8)19-11-13-21(29)23(15-19)31-24-16-20(12-14-22(24)30)28(9,10)18-26(4,5)6;1-3-5-6-8(4-2)7-9/h11-16,29-30H,17-18H2,1-10H3;8H,3-7,9H2,1-2H3. The van der Waals surface area contributed by atoms with Gasteiger partial charge in [-0.1, -0.05) is 126 Å². The zero-order chi connectivity index (χ0) is 30.9. The Bertz CT molecular complexity index is 964. The van der Waals surface area contributed by atoms with Crippen LogP contribution in [0.2, 0.25) is 0 Å². The molecule has 3 nitrogen and oxygen atoms in total. The van der Waals surface area contributed by atoms with Gasteiger partial charge in [0, 0.05) is 0 Å². The molecule has 0 saturated carbocycles. The van der Waals surface area contributed by atoms with Crippen LogP contribution in [0.3, 0.4) is 0 Å². The molecule has 0 aliphatic rings. The Kier molecular flexibility index (Phi) is 13.6. The number of hydrogen-bond donors (Lipinski definition) is 3. The molecule has 2 aromatic carbocycles. The number of hydrogen-bond acceptors (Lipinski definition) is 4. The molecule has 0 radical (unpaired) electrons. The van der Waals surface area contributed by atoms with Gasteiger partial charge in [-0.2, -0.15) is 0 Å². The van der Waals surface area contributed by atoms with Gasteiger partial charge in [0.15, 0.2) is 0 Å². The molecular formula is C36H61NO2S. The highest BCUT2D eigenvalue weighted by Crippen LogP contribution is 2.45. The van der Waals surface area contributed by atoms with Crippen LogP contribution in [-0.2, 0) is 10.8 Å². The highest BCUT2D eigenvalue weighted by atomic mass is 32.2. The van der Waals surface area contributed by atoms with Crippen LogP contribution in [0.25, 0.3) is 0 Å². The van der Waals surface area contributed by atoms with E-state index in [4.69, 9.17) is 5.73 Å². The minimum atomic E-state index is -0.0140. The van der Waals surface area contributed by atoms with Crippen molar-refractivity contribution in [1.82, 2.24) is 0 Å². The number of phenols is 2. The Morgan fingerprint density at radius 1 is 0.700 bits per heavy atom. The van der Waals surface area contributed by atoms with Crippen LogP contribution < -0.4 is 5.73 Å². The van der Waals surface area contributed by atoms with Crippen LogP contribution in [0.5, 0.6) is 11.5 Å². The van der Waals surface area contributed by atoms with Crippen molar-refractivity contribution in [2.45, 2.75) is 142 Å². The first-order chi connectivity index (χ1) is 18.2. The van der Waals surface area contributed by atoms with Gasteiger partial charge in [0.1, 0.15) is 11.5 Å². The monoisotopic (exact) mass is 571 g/mol. The summed E-state index contributed by atoms with van der Waals surface area (Å²) in [5.41, 5.74) is 8.31. The fourth-order valence-corrected chi connectivity index (χ4v) is 6.94. The fraction of sp³-hybridized carbons (Fsp3) is 0.667. The predicted molar refractivity (Wildman–Crippen MR) is 177 cm³/mol. The zero-order valence-corrected chi connectivity index (χ0v) is 28.7. The van der Waals surface area contributed by atoms with Crippen LogP contribution in [0.1, 0.15) is 133 Å². The largest absolute Gasteiger partial charge is 0.507 e. The molecule has 0 fully saturated rings. The van der Waals surface area contributed by atoms with E-state index in [0.29, 0.717) is 0 Å². The Morgan fingerprint density at radius 3 is 1.40 bits per heavy atom. The molecule has 0 saturated heterocycles. The maximum absolute atomic E-state index is 10.6. The van der Waals surface area contributed by atoms with Crippen molar-refractivity contribution in [2.24, 2.45) is 22.5 Å². The normalized spacial score (nSPS) is 13.5. The van der Waals surface area contributed by atoms with Gasteiger partial charge in [-0.25, -0.2) is 0 Å². The van der Waals surface area contributed by atoms with Crippen molar-refractivity contribution in [3.8, 4) is 11.5 Å². The van der Waals surface area contributed by atoms with Gasteiger partial charge in [0.2, 0.25) is 0 Å². The zero-order valence-electron chi connectivity index (χ0n) is 27.9. The highest BCUT2D eigenvalue weighted by molar-refractivity contribution is 7.99. The number of rotatable bonds is 11. The van der Waals surface area contributed by atoms with E-state index in [9.17, 15) is 10.2 Å². The SMILES string of the molecule is CC(C)(C)CC(C)(C)c1ccc(O)c(Sc2cc(C(C)(C)CC(C)(C)C)ccc2O)c1.CCCCC(CC)CN. The lowest BCUT2D eigenvalue weighted by Gasteiger charge is -2.33. The molecule has 228 valence electrons. The Balaban J connectivity index is 0.000000763. The van der Waals surface area contributed by atoms with E-state index in [2.05, 4.69) is 95.2 Å². The summed E-state index contributed by atoms with van der Waals surface area (Å²) in [6.07, 6.45) is 7.29. The molecule has 4 heteroatoms. The molecule has 1 atom stereocenters. The lowest BCUT2D eigenvalue weighted by atomic mass is 9.72. The molecule has 0 bridgehead atoms. The first-order valence-corrected chi connectivity index (χ1v) is 16.1. The quantitative estimate of drug-likeness (QED) is 0.251. The second-order valence-corrected chi connectivity index (χ2v) is 16.4. The third kappa shape index (κ3) is 12.5. The molecule has 0 spiro atoms. The van der Waals surface area contributed by atoms with Gasteiger partial charge in [0.05, 0.1) is 9.79 Å². The van der Waals surface area contributed by atoms with E-state index in [0.717, 1.165) is 35.1 Å². The first kappa shape index (κ1) is 36.4. The van der Waals surface area contributed by atoms with E-state index >= 15 is 0 Å². The smallest absolute Gasteiger partial charge is 0.129 e. The summed E-state index contributed by atoms with van der Waals surface area (Å²) < 4.78 is 0. The van der Waals surface area contributed by atoms with E-state index in [-0.39, 0.29) is 33.2 Å². The Labute approximate surface area is 251 Å². The summed E-state index contributed by atoms with van der Waals surface area (Å²) in [6, 6.07) is 11.8. The highest BCUT2D eigenvalue weighted by Gasteiger charge is 2.29. The van der Waals surface area contributed by atoms with Gasteiger partial charge in [-0.3, -0.25) is 0 Å². The molecule has 2 aromatic rings. The fourth-order valence-electron chi connectivity index (χ4n) is 5.99. The van der Waals surface area contributed by atoms with Crippen molar-refractivity contribution in [3.05, 3.63) is 47.5 Å². The maximum Gasteiger partial charge on any atom is 0.129 e. The molecule has 40 heavy (non-hydrogen) atoms. The van der Waals surface area contributed by atoms with Gasteiger partial charge >= 0.3 is 0 Å². The van der Waals surface area contributed by atoms with Crippen molar-refractivity contribution in [1.29, 1.82) is 0 Å². The maximum atomic E-state index is 10.6. The second-order valence-electron chi connectivity index (χ2n) is 15.4. The molecule has 2 rings (SSSR count). The summed E-state index contributed by atoms with van der Waals surface area (Å²) in [7, 11) is 0. The molecule has 0 aliphatic carbocycles. The van der Waals surface area contributed by atoms with E-state index in [1.165, 1.54) is 48.6 Å². The topological polar surface area (TPSA) is 66.5 Å². The van der Waals surface area contributed by atoms with Crippen molar-refractivity contribution < 1.29 is 10.2 Å².